The summed E-state index contributed by atoms with van der Waals surface area (Å²) in [6, 6.07) is 11.5. The summed E-state index contributed by atoms with van der Waals surface area (Å²) in [7, 11) is 0. The quantitative estimate of drug-likeness (QED) is 0.594. The Bertz CT molecular complexity index is 741. The number of benzene rings is 2. The van der Waals surface area contributed by atoms with Crippen molar-refractivity contribution in [2.45, 2.75) is 6.10 Å². The first-order valence-corrected chi connectivity index (χ1v) is 7.90. The zero-order valence-electron chi connectivity index (χ0n) is 12.1. The summed E-state index contributed by atoms with van der Waals surface area (Å²) in [4.78, 5) is 12.0. The number of nitro benzene ring substituents is 1. The van der Waals surface area contributed by atoms with E-state index in [0.717, 1.165) is 16.1 Å². The van der Waals surface area contributed by atoms with E-state index in [1.165, 1.54) is 12.1 Å². The minimum Gasteiger partial charge on any atom is -0.370 e. The Morgan fingerprint density at radius 3 is 2.78 bits per heavy atom. The van der Waals surface area contributed by atoms with Crippen molar-refractivity contribution >= 4 is 27.3 Å². The number of rotatable bonds is 3. The van der Waals surface area contributed by atoms with E-state index in [1.807, 2.05) is 29.2 Å². The fourth-order valence-corrected chi connectivity index (χ4v) is 3.20. The highest BCUT2D eigenvalue weighted by atomic mass is 79.9. The molecule has 0 bridgehead atoms. The second-order valence-corrected chi connectivity index (χ2v) is 6.07. The first-order chi connectivity index (χ1) is 11.1. The molecule has 1 saturated heterocycles. The van der Waals surface area contributed by atoms with Gasteiger partial charge in [0.1, 0.15) is 6.10 Å². The number of morpholine rings is 1. The Kier molecular flexibility index (Phi) is 4.58. The third kappa shape index (κ3) is 3.35. The second kappa shape index (κ2) is 6.64. The lowest BCUT2D eigenvalue weighted by atomic mass is 10.1. The van der Waals surface area contributed by atoms with E-state index in [9.17, 15) is 14.5 Å². The van der Waals surface area contributed by atoms with Gasteiger partial charge >= 0.3 is 0 Å². The summed E-state index contributed by atoms with van der Waals surface area (Å²) >= 11 is 3.50. The van der Waals surface area contributed by atoms with Crippen LogP contribution < -0.4 is 4.90 Å². The smallest absolute Gasteiger partial charge is 0.272 e. The van der Waals surface area contributed by atoms with Gasteiger partial charge in [0.2, 0.25) is 0 Å². The maximum atomic E-state index is 14.2. The standard InChI is InChI=1S/C16H14BrFN2O3/c17-13-4-2-1-3-12(13)16-10-19(7-8-23-16)15-6-5-11(20(21)22)9-14(15)18/h1-6,9,16H,7-8,10H2. The van der Waals surface area contributed by atoms with Crippen LogP contribution in [0.15, 0.2) is 46.9 Å². The normalized spacial score (nSPS) is 18.0. The van der Waals surface area contributed by atoms with E-state index in [-0.39, 0.29) is 11.8 Å². The Morgan fingerprint density at radius 2 is 2.09 bits per heavy atom. The first-order valence-electron chi connectivity index (χ1n) is 7.11. The van der Waals surface area contributed by atoms with Crippen LogP contribution in [0.1, 0.15) is 11.7 Å². The maximum absolute atomic E-state index is 14.2. The Hall–Kier alpha value is -1.99. The zero-order valence-corrected chi connectivity index (χ0v) is 13.7. The van der Waals surface area contributed by atoms with Gasteiger partial charge in [-0.25, -0.2) is 4.39 Å². The maximum Gasteiger partial charge on any atom is 0.272 e. The van der Waals surface area contributed by atoms with Gasteiger partial charge in [-0.05, 0) is 17.7 Å². The zero-order chi connectivity index (χ0) is 16.4. The molecule has 0 aliphatic carbocycles. The van der Waals surface area contributed by atoms with Crippen LogP contribution in [0.25, 0.3) is 0 Å². The molecule has 1 heterocycles. The number of hydrogen-bond donors (Lipinski definition) is 0. The minimum absolute atomic E-state index is 0.186. The third-order valence-corrected chi connectivity index (χ3v) is 4.52. The number of ether oxygens (including phenoxy) is 1. The number of nitro groups is 1. The van der Waals surface area contributed by atoms with Gasteiger partial charge in [-0.3, -0.25) is 10.1 Å². The van der Waals surface area contributed by atoms with Crippen molar-refractivity contribution in [1.29, 1.82) is 0 Å². The van der Waals surface area contributed by atoms with Crippen LogP contribution in [0.5, 0.6) is 0 Å². The molecular formula is C16H14BrFN2O3. The molecule has 0 spiro atoms. The van der Waals surface area contributed by atoms with E-state index in [4.69, 9.17) is 4.74 Å². The molecule has 1 unspecified atom stereocenters. The van der Waals surface area contributed by atoms with E-state index < -0.39 is 10.7 Å². The summed E-state index contributed by atoms with van der Waals surface area (Å²) in [5.41, 5.74) is 1.11. The summed E-state index contributed by atoms with van der Waals surface area (Å²) in [5, 5.41) is 10.7. The third-order valence-electron chi connectivity index (χ3n) is 3.80. The summed E-state index contributed by atoms with van der Waals surface area (Å²) in [6.07, 6.45) is -0.186. The van der Waals surface area contributed by atoms with E-state index in [2.05, 4.69) is 15.9 Å². The van der Waals surface area contributed by atoms with Crippen molar-refractivity contribution in [2.75, 3.05) is 24.6 Å². The highest BCUT2D eigenvalue weighted by Gasteiger charge is 2.25. The van der Waals surface area contributed by atoms with Crippen molar-refractivity contribution < 1.29 is 14.1 Å². The van der Waals surface area contributed by atoms with E-state index in [0.29, 0.717) is 25.4 Å². The molecule has 1 fully saturated rings. The summed E-state index contributed by atoms with van der Waals surface area (Å²) < 4.78 is 20.9. The van der Waals surface area contributed by atoms with Crippen molar-refractivity contribution in [2.24, 2.45) is 0 Å². The van der Waals surface area contributed by atoms with Crippen LogP contribution in [0, 0.1) is 15.9 Å². The minimum atomic E-state index is -0.601. The number of hydrogen-bond acceptors (Lipinski definition) is 4. The van der Waals surface area contributed by atoms with Gasteiger partial charge in [0.05, 0.1) is 23.3 Å². The number of halogens is 2. The molecule has 0 saturated carbocycles. The highest BCUT2D eigenvalue weighted by Crippen LogP contribution is 2.32. The Labute approximate surface area is 141 Å². The molecule has 0 N–H and O–H groups in total. The van der Waals surface area contributed by atoms with Crippen LogP contribution in [-0.2, 0) is 4.74 Å². The average Bonchev–Trinajstić information content (AvgIpc) is 2.55. The molecular weight excluding hydrogens is 367 g/mol. The molecule has 0 radical (unpaired) electrons. The lowest BCUT2D eigenvalue weighted by Crippen LogP contribution is -2.39. The molecule has 120 valence electrons. The lowest BCUT2D eigenvalue weighted by Gasteiger charge is -2.35. The van der Waals surface area contributed by atoms with E-state index >= 15 is 0 Å². The first kappa shape index (κ1) is 15.9. The molecule has 23 heavy (non-hydrogen) atoms. The average molecular weight is 381 g/mol. The summed E-state index contributed by atoms with van der Waals surface area (Å²) in [5.74, 6) is -0.591. The van der Waals surface area contributed by atoms with Crippen LogP contribution in [0.2, 0.25) is 0 Å². The number of nitrogens with zero attached hydrogens (tertiary/aromatic N) is 2. The topological polar surface area (TPSA) is 55.6 Å². The van der Waals surface area contributed by atoms with Crippen LogP contribution >= 0.6 is 15.9 Å². The van der Waals surface area contributed by atoms with E-state index in [1.54, 1.807) is 0 Å². The number of non-ortho nitro benzene ring substituents is 1. The van der Waals surface area contributed by atoms with Gasteiger partial charge in [-0.2, -0.15) is 0 Å². The van der Waals surface area contributed by atoms with Gasteiger partial charge in [0.15, 0.2) is 5.82 Å². The summed E-state index contributed by atoms with van der Waals surface area (Å²) in [6.45, 7) is 1.48. The Morgan fingerprint density at radius 1 is 1.30 bits per heavy atom. The molecule has 7 heteroatoms. The molecule has 2 aromatic carbocycles. The fraction of sp³-hybridized carbons (Fsp3) is 0.250. The number of anilines is 1. The molecule has 1 aliphatic rings. The molecule has 0 aromatic heterocycles. The van der Waals surface area contributed by atoms with Gasteiger partial charge < -0.3 is 9.64 Å². The second-order valence-electron chi connectivity index (χ2n) is 5.22. The molecule has 1 atom stereocenters. The predicted molar refractivity (Wildman–Crippen MR) is 88.1 cm³/mol. The molecule has 5 nitrogen and oxygen atoms in total. The lowest BCUT2D eigenvalue weighted by molar-refractivity contribution is -0.385. The van der Waals surface area contributed by atoms with Crippen molar-refractivity contribution in [1.82, 2.24) is 0 Å². The van der Waals surface area contributed by atoms with Crippen LogP contribution in [0.3, 0.4) is 0 Å². The van der Waals surface area contributed by atoms with Crippen molar-refractivity contribution in [3.63, 3.8) is 0 Å². The molecule has 2 aromatic rings. The predicted octanol–water partition coefficient (Wildman–Crippen LogP) is 4.07. The Balaban J connectivity index is 1.84. The molecule has 1 aliphatic heterocycles. The monoisotopic (exact) mass is 380 g/mol. The van der Waals surface area contributed by atoms with Gasteiger partial charge in [-0.1, -0.05) is 34.1 Å². The molecule has 3 rings (SSSR count). The fourth-order valence-electron chi connectivity index (χ4n) is 2.66. The van der Waals surface area contributed by atoms with Crippen molar-refractivity contribution in [3.05, 3.63) is 68.4 Å². The molecule has 0 amide bonds. The largest absolute Gasteiger partial charge is 0.370 e. The van der Waals surface area contributed by atoms with Crippen LogP contribution in [0.4, 0.5) is 15.8 Å². The highest BCUT2D eigenvalue weighted by molar-refractivity contribution is 9.10. The van der Waals surface area contributed by atoms with Crippen LogP contribution in [-0.4, -0.2) is 24.6 Å². The van der Waals surface area contributed by atoms with Gasteiger partial charge in [0, 0.05) is 23.6 Å². The SMILES string of the molecule is O=[N+]([O-])c1ccc(N2CCOC(c3ccccc3Br)C2)c(F)c1. The van der Waals surface area contributed by atoms with Gasteiger partial charge in [-0.15, -0.1) is 0 Å². The van der Waals surface area contributed by atoms with Crippen molar-refractivity contribution in [3.8, 4) is 0 Å². The van der Waals surface area contributed by atoms with Gasteiger partial charge in [0.25, 0.3) is 5.69 Å².